The minimum atomic E-state index is -0.226. The zero-order valence-electron chi connectivity index (χ0n) is 15.8. The summed E-state index contributed by atoms with van der Waals surface area (Å²) in [6.45, 7) is 2.94. The highest BCUT2D eigenvalue weighted by Crippen LogP contribution is 2.37. The maximum atomic E-state index is 12.4. The Bertz CT molecular complexity index is 1130. The van der Waals surface area contributed by atoms with Crippen LogP contribution in [-0.2, 0) is 11.2 Å². The van der Waals surface area contributed by atoms with Gasteiger partial charge >= 0.3 is 0 Å². The summed E-state index contributed by atoms with van der Waals surface area (Å²) in [6, 6.07) is 10.7. The van der Waals surface area contributed by atoms with E-state index >= 15 is 0 Å². The Kier molecular flexibility index (Phi) is 5.53. The molecule has 0 radical (unpaired) electrons. The number of ether oxygens (including phenoxy) is 2. The molecule has 8 heteroatoms. The summed E-state index contributed by atoms with van der Waals surface area (Å²) >= 11 is 3.54. The molecule has 2 heterocycles. The summed E-state index contributed by atoms with van der Waals surface area (Å²) in [7, 11) is 0. The molecule has 0 saturated heterocycles. The van der Waals surface area contributed by atoms with Crippen molar-refractivity contribution in [2.75, 3.05) is 13.2 Å². The summed E-state index contributed by atoms with van der Waals surface area (Å²) in [5.74, 6) is 1.73. The first-order valence-electron chi connectivity index (χ1n) is 9.37. The minimum absolute atomic E-state index is 0.130. The second kappa shape index (κ2) is 8.24. The number of nitrogens with zero attached hydrogens (tertiary/aromatic N) is 1. The van der Waals surface area contributed by atoms with E-state index in [0.29, 0.717) is 47.9 Å². The summed E-state index contributed by atoms with van der Waals surface area (Å²) in [5, 5.41) is 3.52. The number of halogens is 1. The van der Waals surface area contributed by atoms with Crippen molar-refractivity contribution in [3.63, 3.8) is 0 Å². The standard InChI is InChI=1S/C21H20BrN3O4/c1-12(14-10-17-18(11-15(14)22)29-9-8-28-17)23-20(26)7-6-19-24-16-5-3-2-4-13(16)21(27)25-19/h2-5,10-12H,6-9H2,1H3,(H,23,26)(H,24,25,27). The van der Waals surface area contributed by atoms with E-state index in [1.54, 1.807) is 18.2 Å². The van der Waals surface area contributed by atoms with Gasteiger partial charge in [-0.05, 0) is 36.8 Å². The van der Waals surface area contributed by atoms with Crippen LogP contribution in [0.3, 0.4) is 0 Å². The van der Waals surface area contributed by atoms with E-state index in [2.05, 4.69) is 31.2 Å². The highest BCUT2D eigenvalue weighted by Gasteiger charge is 2.19. The molecule has 1 amide bonds. The number of hydrogen-bond acceptors (Lipinski definition) is 5. The third-order valence-electron chi connectivity index (χ3n) is 4.76. The second-order valence-corrected chi connectivity index (χ2v) is 7.69. The molecule has 1 aromatic heterocycles. The highest BCUT2D eigenvalue weighted by molar-refractivity contribution is 9.10. The lowest BCUT2D eigenvalue weighted by molar-refractivity contribution is -0.121. The summed E-state index contributed by atoms with van der Waals surface area (Å²) in [6.07, 6.45) is 0.564. The van der Waals surface area contributed by atoms with Crippen molar-refractivity contribution in [3.05, 3.63) is 62.6 Å². The number of aromatic amines is 1. The van der Waals surface area contributed by atoms with Crippen LogP contribution < -0.4 is 20.3 Å². The van der Waals surface area contributed by atoms with Crippen LogP contribution in [0.5, 0.6) is 11.5 Å². The van der Waals surface area contributed by atoms with Gasteiger partial charge in [-0.3, -0.25) is 9.59 Å². The number of rotatable bonds is 5. The number of carbonyl (C=O) groups excluding carboxylic acids is 1. The van der Waals surface area contributed by atoms with Gasteiger partial charge in [0.05, 0.1) is 16.9 Å². The number of para-hydroxylation sites is 1. The van der Waals surface area contributed by atoms with Gasteiger partial charge in [-0.25, -0.2) is 4.98 Å². The molecule has 0 fully saturated rings. The molecule has 1 aliphatic rings. The third kappa shape index (κ3) is 4.27. The van der Waals surface area contributed by atoms with Crippen molar-refractivity contribution in [3.8, 4) is 11.5 Å². The fourth-order valence-electron chi connectivity index (χ4n) is 3.29. The van der Waals surface area contributed by atoms with Gasteiger partial charge in [0.2, 0.25) is 5.91 Å². The Hall–Kier alpha value is -2.87. The average Bonchev–Trinajstić information content (AvgIpc) is 2.71. The average molecular weight is 458 g/mol. The van der Waals surface area contributed by atoms with Gasteiger partial charge < -0.3 is 19.8 Å². The molecule has 0 bridgehead atoms. The van der Waals surface area contributed by atoms with Crippen LogP contribution >= 0.6 is 15.9 Å². The molecule has 2 aromatic carbocycles. The van der Waals surface area contributed by atoms with E-state index in [1.807, 2.05) is 25.1 Å². The van der Waals surface area contributed by atoms with Crippen LogP contribution in [0.2, 0.25) is 0 Å². The van der Waals surface area contributed by atoms with Crippen molar-refractivity contribution < 1.29 is 14.3 Å². The molecule has 0 aliphatic carbocycles. The minimum Gasteiger partial charge on any atom is -0.486 e. The van der Waals surface area contributed by atoms with Crippen molar-refractivity contribution in [1.82, 2.24) is 15.3 Å². The van der Waals surface area contributed by atoms with Gasteiger partial charge in [0, 0.05) is 17.3 Å². The first-order valence-corrected chi connectivity index (χ1v) is 10.2. The number of benzene rings is 2. The van der Waals surface area contributed by atoms with Gasteiger partial charge in [-0.1, -0.05) is 28.1 Å². The molecule has 0 spiro atoms. The molecule has 29 heavy (non-hydrogen) atoms. The molecule has 150 valence electrons. The van der Waals surface area contributed by atoms with E-state index in [0.717, 1.165) is 10.0 Å². The number of aryl methyl sites for hydroxylation is 1. The molecule has 4 rings (SSSR count). The van der Waals surface area contributed by atoms with Crippen LogP contribution in [0.25, 0.3) is 10.9 Å². The number of hydrogen-bond donors (Lipinski definition) is 2. The molecular formula is C21H20BrN3O4. The molecule has 1 aliphatic heterocycles. The zero-order valence-corrected chi connectivity index (χ0v) is 17.4. The Labute approximate surface area is 175 Å². The Morgan fingerprint density at radius 3 is 2.76 bits per heavy atom. The van der Waals surface area contributed by atoms with Gasteiger partial charge in [0.1, 0.15) is 19.0 Å². The van der Waals surface area contributed by atoms with Crippen molar-refractivity contribution in [1.29, 1.82) is 0 Å². The van der Waals surface area contributed by atoms with Crippen LogP contribution in [-0.4, -0.2) is 29.1 Å². The van der Waals surface area contributed by atoms with E-state index in [1.165, 1.54) is 0 Å². The van der Waals surface area contributed by atoms with Crippen LogP contribution in [0.4, 0.5) is 0 Å². The van der Waals surface area contributed by atoms with E-state index < -0.39 is 0 Å². The fourth-order valence-corrected chi connectivity index (χ4v) is 3.95. The SMILES string of the molecule is CC(NC(=O)CCc1nc2ccccc2c(=O)[nH]1)c1cc2c(cc1Br)OCCO2. The number of nitrogens with one attached hydrogen (secondary N) is 2. The maximum Gasteiger partial charge on any atom is 0.258 e. The van der Waals surface area contributed by atoms with Gasteiger partial charge in [-0.15, -0.1) is 0 Å². The first-order chi connectivity index (χ1) is 14.0. The fraction of sp³-hybridized carbons (Fsp3) is 0.286. The molecule has 1 atom stereocenters. The largest absolute Gasteiger partial charge is 0.486 e. The lowest BCUT2D eigenvalue weighted by Gasteiger charge is -2.22. The second-order valence-electron chi connectivity index (χ2n) is 6.84. The molecule has 3 aromatic rings. The van der Waals surface area contributed by atoms with Gasteiger partial charge in [-0.2, -0.15) is 0 Å². The number of aromatic nitrogens is 2. The Morgan fingerprint density at radius 2 is 1.97 bits per heavy atom. The lowest BCUT2D eigenvalue weighted by atomic mass is 10.1. The van der Waals surface area contributed by atoms with E-state index in [-0.39, 0.29) is 23.9 Å². The predicted octanol–water partition coefficient (Wildman–Crippen LogP) is 3.27. The molecule has 2 N–H and O–H groups in total. The Balaban J connectivity index is 1.42. The number of carbonyl (C=O) groups is 1. The van der Waals surface area contributed by atoms with Crippen LogP contribution in [0, 0.1) is 0 Å². The highest BCUT2D eigenvalue weighted by atomic mass is 79.9. The maximum absolute atomic E-state index is 12.4. The molecular weight excluding hydrogens is 438 g/mol. The number of fused-ring (bicyclic) bond motifs is 2. The zero-order chi connectivity index (χ0) is 20.4. The summed E-state index contributed by atoms with van der Waals surface area (Å²) in [5.41, 5.74) is 1.33. The van der Waals surface area contributed by atoms with Crippen molar-refractivity contribution >= 4 is 32.7 Å². The Morgan fingerprint density at radius 1 is 1.24 bits per heavy atom. The van der Waals surface area contributed by atoms with Gasteiger partial charge in [0.15, 0.2) is 11.5 Å². The molecule has 0 saturated carbocycles. The first kappa shape index (κ1) is 19.4. The van der Waals surface area contributed by atoms with Crippen molar-refractivity contribution in [2.24, 2.45) is 0 Å². The molecule has 1 unspecified atom stereocenters. The smallest absolute Gasteiger partial charge is 0.258 e. The quantitative estimate of drug-likeness (QED) is 0.613. The number of amides is 1. The van der Waals surface area contributed by atoms with Gasteiger partial charge in [0.25, 0.3) is 5.56 Å². The van der Waals surface area contributed by atoms with Crippen molar-refractivity contribution in [2.45, 2.75) is 25.8 Å². The van der Waals surface area contributed by atoms with E-state index in [9.17, 15) is 9.59 Å². The molecule has 7 nitrogen and oxygen atoms in total. The van der Waals surface area contributed by atoms with Crippen LogP contribution in [0.15, 0.2) is 45.7 Å². The number of H-pyrrole nitrogens is 1. The van der Waals surface area contributed by atoms with Crippen LogP contribution in [0.1, 0.15) is 30.8 Å². The summed E-state index contributed by atoms with van der Waals surface area (Å²) in [4.78, 5) is 31.8. The third-order valence-corrected chi connectivity index (χ3v) is 5.44. The normalized spacial score (nSPS) is 13.9. The summed E-state index contributed by atoms with van der Waals surface area (Å²) < 4.78 is 12.0. The monoisotopic (exact) mass is 457 g/mol. The van der Waals surface area contributed by atoms with E-state index in [4.69, 9.17) is 9.47 Å². The lowest BCUT2D eigenvalue weighted by Crippen LogP contribution is -2.27. The predicted molar refractivity (Wildman–Crippen MR) is 112 cm³/mol. The topological polar surface area (TPSA) is 93.3 Å².